The van der Waals surface area contributed by atoms with Crippen molar-refractivity contribution in [2.75, 3.05) is 36.5 Å². The predicted molar refractivity (Wildman–Crippen MR) is 104 cm³/mol. The molecule has 1 unspecified atom stereocenters. The zero-order valence-electron chi connectivity index (χ0n) is 15.1. The number of thiophene rings is 1. The third-order valence-electron chi connectivity index (χ3n) is 4.73. The van der Waals surface area contributed by atoms with E-state index in [1.54, 1.807) is 23.5 Å². The van der Waals surface area contributed by atoms with Crippen molar-refractivity contribution in [3.05, 3.63) is 47.4 Å². The van der Waals surface area contributed by atoms with Crippen LogP contribution in [0.3, 0.4) is 0 Å². The zero-order chi connectivity index (χ0) is 19.0. The second kappa shape index (κ2) is 7.11. The number of ether oxygens (including phenoxy) is 1. The summed E-state index contributed by atoms with van der Waals surface area (Å²) < 4.78 is 19.3. The lowest BCUT2D eigenvalue weighted by Gasteiger charge is -2.41. The second-order valence-corrected chi connectivity index (χ2v) is 7.38. The van der Waals surface area contributed by atoms with Crippen LogP contribution in [0.4, 0.5) is 15.9 Å². The monoisotopic (exact) mass is 386 g/mol. The number of carbonyl (C=O) groups excluding carboxylic acids is 1. The van der Waals surface area contributed by atoms with E-state index in [4.69, 9.17) is 4.74 Å². The molecule has 3 heterocycles. The summed E-state index contributed by atoms with van der Waals surface area (Å²) in [5.74, 6) is 0.0387. The van der Waals surface area contributed by atoms with E-state index in [-0.39, 0.29) is 17.7 Å². The first-order valence-corrected chi connectivity index (χ1v) is 9.55. The average molecular weight is 386 g/mol. The van der Waals surface area contributed by atoms with Gasteiger partial charge in [0.15, 0.2) is 5.82 Å². The molecule has 0 aliphatic carbocycles. The number of hydrogen-bond acceptors (Lipinski definition) is 7. The largest absolute Gasteiger partial charge is 0.463 e. The minimum absolute atomic E-state index is 0.0677. The molecule has 1 aliphatic rings. The Morgan fingerprint density at radius 2 is 2.15 bits per heavy atom. The first-order valence-electron chi connectivity index (χ1n) is 8.67. The summed E-state index contributed by atoms with van der Waals surface area (Å²) >= 11 is 1.55. The van der Waals surface area contributed by atoms with Crippen LogP contribution < -0.4 is 9.80 Å². The van der Waals surface area contributed by atoms with E-state index in [9.17, 15) is 9.18 Å². The maximum atomic E-state index is 13.6. The molecular weight excluding hydrogens is 367 g/mol. The Bertz CT molecular complexity index is 993. The van der Waals surface area contributed by atoms with Gasteiger partial charge in [0.25, 0.3) is 0 Å². The second-order valence-electron chi connectivity index (χ2n) is 6.47. The van der Waals surface area contributed by atoms with Gasteiger partial charge in [-0.1, -0.05) is 6.07 Å². The summed E-state index contributed by atoms with van der Waals surface area (Å²) in [4.78, 5) is 25.1. The average Bonchev–Trinajstić information content (AvgIpc) is 3.15. The number of piperazine rings is 1. The van der Waals surface area contributed by atoms with Crippen molar-refractivity contribution in [3.63, 3.8) is 0 Å². The number of carbonyl (C=O) groups is 1. The summed E-state index contributed by atoms with van der Waals surface area (Å²) in [6.07, 6.45) is 0. The number of hydrogen-bond donors (Lipinski definition) is 0. The summed E-state index contributed by atoms with van der Waals surface area (Å²) in [5.41, 5.74) is 1.62. The van der Waals surface area contributed by atoms with Crippen LogP contribution in [0, 0.1) is 5.82 Å². The minimum Gasteiger partial charge on any atom is -0.463 e. The maximum Gasteiger partial charge on any atom is 0.376 e. The van der Waals surface area contributed by atoms with Crippen LogP contribution in [0.15, 0.2) is 35.7 Å². The number of aromatic nitrogens is 2. The standard InChI is InChI=1S/C19H19FN4O2S/c1-12-11-23(14-5-3-4-13(20)10-14)7-8-24(12)18-16-15(6-9-27-16)21-17(22-18)19(25)26-2/h3-6,9-10,12H,7-8,11H2,1-2H3. The molecule has 0 spiro atoms. The minimum atomic E-state index is -0.546. The molecule has 0 amide bonds. The lowest BCUT2D eigenvalue weighted by molar-refractivity contribution is 0.0587. The Kier molecular flexibility index (Phi) is 4.65. The molecule has 1 saturated heterocycles. The highest BCUT2D eigenvalue weighted by Gasteiger charge is 2.28. The van der Waals surface area contributed by atoms with Crippen molar-refractivity contribution in [1.82, 2.24) is 9.97 Å². The van der Waals surface area contributed by atoms with Gasteiger partial charge in [0.1, 0.15) is 5.82 Å². The fourth-order valence-corrected chi connectivity index (χ4v) is 4.24. The normalized spacial score (nSPS) is 17.4. The van der Waals surface area contributed by atoms with Gasteiger partial charge in [-0.3, -0.25) is 0 Å². The molecule has 6 nitrogen and oxygen atoms in total. The Morgan fingerprint density at radius 3 is 2.89 bits per heavy atom. The van der Waals surface area contributed by atoms with Gasteiger partial charge in [0.2, 0.25) is 5.82 Å². The van der Waals surface area contributed by atoms with Crippen molar-refractivity contribution in [2.45, 2.75) is 13.0 Å². The summed E-state index contributed by atoms with van der Waals surface area (Å²) in [6.45, 7) is 4.28. The van der Waals surface area contributed by atoms with E-state index in [2.05, 4.69) is 26.7 Å². The van der Waals surface area contributed by atoms with E-state index in [0.29, 0.717) is 6.54 Å². The first-order chi connectivity index (χ1) is 13.1. The molecule has 0 saturated carbocycles. The summed E-state index contributed by atoms with van der Waals surface area (Å²) in [6, 6.07) is 8.66. The molecule has 1 atom stereocenters. The van der Waals surface area contributed by atoms with Gasteiger partial charge in [-0.05, 0) is 36.6 Å². The molecular formula is C19H19FN4O2S. The molecule has 140 valence electrons. The van der Waals surface area contributed by atoms with Crippen LogP contribution in [-0.4, -0.2) is 48.7 Å². The van der Waals surface area contributed by atoms with Gasteiger partial charge in [-0.25, -0.2) is 19.2 Å². The summed E-state index contributed by atoms with van der Waals surface area (Å²) in [7, 11) is 1.32. The number of methoxy groups -OCH3 is 1. The van der Waals surface area contributed by atoms with Crippen LogP contribution >= 0.6 is 11.3 Å². The number of esters is 1. The van der Waals surface area contributed by atoms with Gasteiger partial charge in [0, 0.05) is 31.4 Å². The SMILES string of the molecule is COC(=O)c1nc(N2CCN(c3cccc(F)c3)CC2C)c2sccc2n1. The van der Waals surface area contributed by atoms with E-state index < -0.39 is 5.97 Å². The number of benzene rings is 1. The van der Waals surface area contributed by atoms with E-state index in [1.807, 2.05) is 17.5 Å². The van der Waals surface area contributed by atoms with Crippen molar-refractivity contribution >= 4 is 39.0 Å². The van der Waals surface area contributed by atoms with E-state index >= 15 is 0 Å². The smallest absolute Gasteiger partial charge is 0.376 e. The van der Waals surface area contributed by atoms with Crippen molar-refractivity contribution < 1.29 is 13.9 Å². The van der Waals surface area contributed by atoms with Gasteiger partial charge in [0.05, 0.1) is 17.3 Å². The van der Waals surface area contributed by atoms with Crippen LogP contribution in [0.2, 0.25) is 0 Å². The molecule has 8 heteroatoms. The number of halogens is 1. The molecule has 0 N–H and O–H groups in total. The number of nitrogens with zero attached hydrogens (tertiary/aromatic N) is 4. The van der Waals surface area contributed by atoms with E-state index in [0.717, 1.165) is 34.8 Å². The van der Waals surface area contributed by atoms with Crippen LogP contribution in [0.1, 0.15) is 17.5 Å². The molecule has 1 aliphatic heterocycles. The van der Waals surface area contributed by atoms with E-state index in [1.165, 1.54) is 13.2 Å². The van der Waals surface area contributed by atoms with Crippen LogP contribution in [0.25, 0.3) is 10.2 Å². The Hall–Kier alpha value is -2.74. The van der Waals surface area contributed by atoms with Crippen LogP contribution in [-0.2, 0) is 4.74 Å². The zero-order valence-corrected chi connectivity index (χ0v) is 15.9. The van der Waals surface area contributed by atoms with Gasteiger partial charge in [-0.2, -0.15) is 0 Å². The highest BCUT2D eigenvalue weighted by atomic mass is 32.1. The van der Waals surface area contributed by atoms with Gasteiger partial charge < -0.3 is 14.5 Å². The Morgan fingerprint density at radius 1 is 1.30 bits per heavy atom. The van der Waals surface area contributed by atoms with Gasteiger partial charge >= 0.3 is 5.97 Å². The van der Waals surface area contributed by atoms with Crippen molar-refractivity contribution in [1.29, 1.82) is 0 Å². The Labute approximate surface area is 160 Å². The topological polar surface area (TPSA) is 58.6 Å². The first kappa shape index (κ1) is 17.7. The predicted octanol–water partition coefficient (Wildman–Crippen LogP) is 3.33. The molecule has 3 aromatic rings. The molecule has 1 aromatic carbocycles. The number of rotatable bonds is 3. The molecule has 27 heavy (non-hydrogen) atoms. The number of fused-ring (bicyclic) bond motifs is 1. The summed E-state index contributed by atoms with van der Waals surface area (Å²) in [5, 5.41) is 1.94. The van der Waals surface area contributed by atoms with Gasteiger partial charge in [-0.15, -0.1) is 11.3 Å². The van der Waals surface area contributed by atoms with Crippen molar-refractivity contribution in [2.24, 2.45) is 0 Å². The molecule has 1 fully saturated rings. The maximum absolute atomic E-state index is 13.6. The molecule has 4 rings (SSSR count). The fourth-order valence-electron chi connectivity index (χ4n) is 3.40. The highest BCUT2D eigenvalue weighted by molar-refractivity contribution is 7.17. The Balaban J connectivity index is 1.65. The van der Waals surface area contributed by atoms with Crippen LogP contribution in [0.5, 0.6) is 0 Å². The van der Waals surface area contributed by atoms with Crippen molar-refractivity contribution in [3.8, 4) is 0 Å². The molecule has 2 aromatic heterocycles. The molecule has 0 bridgehead atoms. The third-order valence-corrected chi connectivity index (χ3v) is 5.63. The lowest BCUT2D eigenvalue weighted by atomic mass is 10.1. The fraction of sp³-hybridized carbons (Fsp3) is 0.316. The quantitative estimate of drug-likeness (QED) is 0.644. The molecule has 0 radical (unpaired) electrons. The third kappa shape index (κ3) is 3.32. The lowest BCUT2D eigenvalue weighted by Crippen LogP contribution is -2.52. The highest BCUT2D eigenvalue weighted by Crippen LogP contribution is 2.32. The number of anilines is 2.